The van der Waals surface area contributed by atoms with Crippen LogP contribution in [0.4, 0.5) is 5.82 Å². The van der Waals surface area contributed by atoms with Crippen LogP contribution in [0.3, 0.4) is 0 Å². The number of nitrogens with zero attached hydrogens (tertiary/aromatic N) is 7. The number of pyridine rings is 4. The first-order chi connectivity index (χ1) is 23.2. The standard InChI is InChI=1S/C40H23N7/c1-42-40-24-29(18-20-44-40)37-12-6-10-35(46-37)27-14-16-33-32-15-13-26(22-38(32)47(39(33)23-27)31-7-3-2-4-8-31)34-9-5-11-36(45-34)28-17-19-43-30(21-28)25-41/h2-24H. The van der Waals surface area contributed by atoms with E-state index in [1.54, 1.807) is 24.5 Å². The van der Waals surface area contributed by atoms with Gasteiger partial charge in [-0.1, -0.05) is 61.2 Å². The first kappa shape index (κ1) is 27.6. The fourth-order valence-corrected chi connectivity index (χ4v) is 5.99. The van der Waals surface area contributed by atoms with E-state index in [1.807, 2.05) is 66.7 Å². The van der Waals surface area contributed by atoms with Crippen molar-refractivity contribution < 1.29 is 0 Å². The van der Waals surface area contributed by atoms with Gasteiger partial charge in [0.2, 0.25) is 0 Å². The third-order valence-electron chi connectivity index (χ3n) is 8.20. The topological polar surface area (TPSA) is 84.6 Å². The summed E-state index contributed by atoms with van der Waals surface area (Å²) in [6.45, 7) is 7.34. The highest BCUT2D eigenvalue weighted by Crippen LogP contribution is 2.37. The molecule has 8 rings (SSSR count). The molecule has 0 saturated carbocycles. The Kier molecular flexibility index (Phi) is 6.76. The van der Waals surface area contributed by atoms with Crippen molar-refractivity contribution in [3.05, 3.63) is 157 Å². The van der Waals surface area contributed by atoms with E-state index in [4.69, 9.17) is 16.5 Å². The van der Waals surface area contributed by atoms with Gasteiger partial charge in [-0.05, 0) is 78.4 Å². The maximum absolute atomic E-state index is 9.33. The van der Waals surface area contributed by atoms with Crippen LogP contribution in [-0.4, -0.2) is 24.5 Å². The Morgan fingerprint density at radius 2 is 1.09 bits per heavy atom. The van der Waals surface area contributed by atoms with Crippen LogP contribution in [0.25, 0.3) is 77.4 Å². The number of hydrogen-bond donors (Lipinski definition) is 0. The van der Waals surface area contributed by atoms with Crippen LogP contribution >= 0.6 is 0 Å². The fourth-order valence-electron chi connectivity index (χ4n) is 5.99. The quantitative estimate of drug-likeness (QED) is 0.184. The minimum absolute atomic E-state index is 0.343. The molecule has 0 bridgehead atoms. The largest absolute Gasteiger partial charge is 0.361 e. The van der Waals surface area contributed by atoms with E-state index < -0.39 is 0 Å². The maximum Gasteiger partial charge on any atom is 0.270 e. The average molecular weight is 602 g/mol. The number of aromatic nitrogens is 5. The summed E-state index contributed by atoms with van der Waals surface area (Å²) in [5.41, 5.74) is 10.5. The molecule has 3 aromatic carbocycles. The summed E-state index contributed by atoms with van der Waals surface area (Å²) in [7, 11) is 0. The van der Waals surface area contributed by atoms with Gasteiger partial charge in [0.15, 0.2) is 0 Å². The Balaban J connectivity index is 1.28. The molecule has 47 heavy (non-hydrogen) atoms. The summed E-state index contributed by atoms with van der Waals surface area (Å²) in [6, 6.07) is 44.6. The Hall–Kier alpha value is -6.96. The van der Waals surface area contributed by atoms with Crippen LogP contribution < -0.4 is 0 Å². The van der Waals surface area contributed by atoms with Crippen molar-refractivity contribution in [2.24, 2.45) is 0 Å². The number of nitriles is 1. The van der Waals surface area contributed by atoms with Gasteiger partial charge in [0.25, 0.3) is 5.82 Å². The van der Waals surface area contributed by atoms with Gasteiger partial charge in [-0.15, -0.1) is 4.98 Å². The van der Waals surface area contributed by atoms with Crippen molar-refractivity contribution in [3.8, 4) is 56.8 Å². The molecular formula is C40H23N7. The molecule has 0 saturated heterocycles. The van der Waals surface area contributed by atoms with Crippen molar-refractivity contribution >= 4 is 27.6 Å². The first-order valence-electron chi connectivity index (χ1n) is 15.0. The van der Waals surface area contributed by atoms with Crippen LogP contribution in [0.1, 0.15) is 5.69 Å². The van der Waals surface area contributed by atoms with E-state index in [2.05, 4.69) is 74.0 Å². The Morgan fingerprint density at radius 3 is 1.64 bits per heavy atom. The zero-order valence-electron chi connectivity index (χ0n) is 24.9. The van der Waals surface area contributed by atoms with E-state index in [9.17, 15) is 5.26 Å². The SMILES string of the molecule is [C-]#[N+]c1cc(-c2cccc(-c3ccc4c5ccc(-c6cccc(-c7ccnc(C#N)c7)n6)cc5n(-c5ccccc5)c4c3)n2)ccn1. The minimum atomic E-state index is 0.343. The lowest BCUT2D eigenvalue weighted by molar-refractivity contribution is 1.18. The van der Waals surface area contributed by atoms with Gasteiger partial charge < -0.3 is 9.41 Å². The second-order valence-electron chi connectivity index (χ2n) is 11.0. The van der Waals surface area contributed by atoms with Crippen molar-refractivity contribution in [1.82, 2.24) is 24.5 Å². The molecule has 5 heterocycles. The van der Waals surface area contributed by atoms with E-state index in [-0.39, 0.29) is 0 Å². The monoisotopic (exact) mass is 601 g/mol. The molecule has 0 unspecified atom stereocenters. The molecule has 8 aromatic rings. The summed E-state index contributed by atoms with van der Waals surface area (Å²) in [5, 5.41) is 11.6. The van der Waals surface area contributed by atoms with Crippen molar-refractivity contribution in [2.45, 2.75) is 0 Å². The molecule has 0 fully saturated rings. The number of hydrogen-bond acceptors (Lipinski definition) is 5. The second-order valence-corrected chi connectivity index (χ2v) is 11.0. The number of rotatable bonds is 5. The van der Waals surface area contributed by atoms with E-state index in [0.717, 1.165) is 72.5 Å². The lowest BCUT2D eigenvalue weighted by Crippen LogP contribution is -1.95. The lowest BCUT2D eigenvalue weighted by Gasteiger charge is -2.10. The van der Waals surface area contributed by atoms with Crippen LogP contribution in [-0.2, 0) is 0 Å². The molecule has 0 aliphatic heterocycles. The van der Waals surface area contributed by atoms with Crippen LogP contribution in [0, 0.1) is 17.9 Å². The van der Waals surface area contributed by atoms with Gasteiger partial charge in [-0.25, -0.2) is 15.0 Å². The zero-order valence-corrected chi connectivity index (χ0v) is 24.9. The summed E-state index contributed by atoms with van der Waals surface area (Å²) in [5.74, 6) is 0.343. The smallest absolute Gasteiger partial charge is 0.270 e. The van der Waals surface area contributed by atoms with Crippen molar-refractivity contribution in [3.63, 3.8) is 0 Å². The Labute approximate surface area is 270 Å². The third-order valence-corrected chi connectivity index (χ3v) is 8.20. The van der Waals surface area contributed by atoms with Crippen LogP contribution in [0.5, 0.6) is 0 Å². The highest BCUT2D eigenvalue weighted by Gasteiger charge is 2.16. The molecule has 0 atom stereocenters. The minimum Gasteiger partial charge on any atom is -0.361 e. The predicted molar refractivity (Wildman–Crippen MR) is 185 cm³/mol. The lowest BCUT2D eigenvalue weighted by atomic mass is 10.0. The zero-order chi connectivity index (χ0) is 31.7. The van der Waals surface area contributed by atoms with Gasteiger partial charge in [0.05, 0.1) is 33.8 Å². The number of benzene rings is 3. The molecule has 218 valence electrons. The molecule has 0 N–H and O–H groups in total. The Bertz CT molecular complexity index is 2400. The van der Waals surface area contributed by atoms with Crippen molar-refractivity contribution in [2.75, 3.05) is 0 Å². The van der Waals surface area contributed by atoms with E-state index in [0.29, 0.717) is 11.5 Å². The summed E-state index contributed by atoms with van der Waals surface area (Å²) >= 11 is 0. The molecule has 0 spiro atoms. The second kappa shape index (κ2) is 11.5. The van der Waals surface area contributed by atoms with Gasteiger partial charge in [0.1, 0.15) is 18.0 Å². The molecule has 0 aliphatic rings. The molecule has 0 radical (unpaired) electrons. The highest BCUT2D eigenvalue weighted by molar-refractivity contribution is 6.11. The van der Waals surface area contributed by atoms with Gasteiger partial charge in [-0.3, -0.25) is 0 Å². The van der Waals surface area contributed by atoms with Crippen molar-refractivity contribution in [1.29, 1.82) is 5.26 Å². The van der Waals surface area contributed by atoms with Gasteiger partial charge >= 0.3 is 0 Å². The fraction of sp³-hybridized carbons (Fsp3) is 0. The average Bonchev–Trinajstić information content (AvgIpc) is 3.48. The van der Waals surface area contributed by atoms with Gasteiger partial charge in [0, 0.05) is 39.3 Å². The Morgan fingerprint density at radius 1 is 0.553 bits per heavy atom. The predicted octanol–water partition coefficient (Wildman–Crippen LogP) is 9.45. The molecule has 0 aliphatic carbocycles. The van der Waals surface area contributed by atoms with Crippen LogP contribution in [0.15, 0.2) is 140 Å². The highest BCUT2D eigenvalue weighted by atomic mass is 15.0. The van der Waals surface area contributed by atoms with E-state index >= 15 is 0 Å². The summed E-state index contributed by atoms with van der Waals surface area (Å²) < 4.78 is 2.29. The number of fused-ring (bicyclic) bond motifs is 3. The molecule has 7 heteroatoms. The first-order valence-corrected chi connectivity index (χ1v) is 15.0. The van der Waals surface area contributed by atoms with E-state index in [1.165, 1.54) is 0 Å². The number of para-hydroxylation sites is 1. The normalized spacial score (nSPS) is 10.9. The van der Waals surface area contributed by atoms with Crippen LogP contribution in [0.2, 0.25) is 0 Å². The molecular weight excluding hydrogens is 578 g/mol. The van der Waals surface area contributed by atoms with Gasteiger partial charge in [-0.2, -0.15) is 5.26 Å². The third kappa shape index (κ3) is 5.04. The summed E-state index contributed by atoms with van der Waals surface area (Å²) in [4.78, 5) is 21.6. The summed E-state index contributed by atoms with van der Waals surface area (Å²) in [6.07, 6.45) is 3.28. The molecule has 7 nitrogen and oxygen atoms in total. The molecule has 0 amide bonds. The molecule has 5 aromatic heterocycles. The maximum atomic E-state index is 9.33.